The molecule has 1 fully saturated rings. The van der Waals surface area contributed by atoms with Gasteiger partial charge in [-0.2, -0.15) is 0 Å². The molecule has 1 aliphatic carbocycles. The molecule has 1 amide bonds. The Morgan fingerprint density at radius 2 is 2.22 bits per heavy atom. The summed E-state index contributed by atoms with van der Waals surface area (Å²) < 4.78 is 0.795. The van der Waals surface area contributed by atoms with Crippen LogP contribution in [0.2, 0.25) is 0 Å². The molecule has 0 aromatic carbocycles. The lowest BCUT2D eigenvalue weighted by atomic mass is 10.1. The topological polar surface area (TPSA) is 79.3 Å². The fraction of sp³-hybridized carbons (Fsp3) is 0.417. The van der Waals surface area contributed by atoms with Gasteiger partial charge in [-0.1, -0.05) is 0 Å². The molecule has 0 radical (unpaired) electrons. The average molecular weight is 313 g/mol. The van der Waals surface area contributed by atoms with Crippen LogP contribution in [0.3, 0.4) is 0 Å². The number of aliphatic carboxylic acids is 1. The van der Waals surface area contributed by atoms with E-state index in [4.69, 9.17) is 5.11 Å². The van der Waals surface area contributed by atoms with Crippen LogP contribution in [0.5, 0.6) is 0 Å². The summed E-state index contributed by atoms with van der Waals surface area (Å²) in [6, 6.07) is 3.04. The molecule has 2 rings (SSSR count). The number of aromatic nitrogens is 1. The van der Waals surface area contributed by atoms with Crippen LogP contribution in [0.25, 0.3) is 0 Å². The van der Waals surface area contributed by atoms with Gasteiger partial charge in [0, 0.05) is 16.7 Å². The Balaban J connectivity index is 2.00. The first-order chi connectivity index (χ1) is 8.56. The fourth-order valence-electron chi connectivity index (χ4n) is 1.77. The molecule has 0 aliphatic heterocycles. The van der Waals surface area contributed by atoms with Gasteiger partial charge in [-0.25, -0.2) is 4.98 Å². The minimum absolute atomic E-state index is 0.0348. The molecule has 1 aromatic rings. The molecule has 1 saturated carbocycles. The number of halogens is 1. The number of carbonyl (C=O) groups is 2. The van der Waals surface area contributed by atoms with Crippen LogP contribution in [0, 0.1) is 5.92 Å². The Kier molecular flexibility index (Phi) is 3.96. The lowest BCUT2D eigenvalue weighted by molar-refractivity contribution is -0.137. The maximum Gasteiger partial charge on any atom is 0.305 e. The van der Waals surface area contributed by atoms with Crippen molar-refractivity contribution in [2.75, 3.05) is 0 Å². The second-order valence-electron chi connectivity index (χ2n) is 4.38. The summed E-state index contributed by atoms with van der Waals surface area (Å²) in [6.45, 7) is 0. The third-order valence-electron chi connectivity index (χ3n) is 2.86. The van der Waals surface area contributed by atoms with Gasteiger partial charge in [0.25, 0.3) is 5.91 Å². The van der Waals surface area contributed by atoms with Gasteiger partial charge < -0.3 is 10.4 Å². The van der Waals surface area contributed by atoms with Crippen LogP contribution in [0.1, 0.15) is 29.8 Å². The van der Waals surface area contributed by atoms with E-state index < -0.39 is 5.97 Å². The molecule has 1 heterocycles. The molecule has 6 heteroatoms. The molecule has 18 heavy (non-hydrogen) atoms. The fourth-order valence-corrected chi connectivity index (χ4v) is 2.01. The number of carbonyl (C=O) groups excluding carboxylic acids is 1. The molecule has 2 N–H and O–H groups in total. The SMILES string of the molecule is O=C(O)CC(NC(=O)c1ccc(Br)cn1)C1CC1. The van der Waals surface area contributed by atoms with Crippen LogP contribution in [-0.4, -0.2) is 28.0 Å². The largest absolute Gasteiger partial charge is 0.481 e. The van der Waals surface area contributed by atoms with Gasteiger partial charge >= 0.3 is 5.97 Å². The van der Waals surface area contributed by atoms with E-state index in [2.05, 4.69) is 26.2 Å². The summed E-state index contributed by atoms with van der Waals surface area (Å²) in [7, 11) is 0. The molecule has 0 bridgehead atoms. The molecule has 1 unspecified atom stereocenters. The van der Waals surface area contributed by atoms with E-state index >= 15 is 0 Å². The molecule has 96 valence electrons. The van der Waals surface area contributed by atoms with E-state index in [0.717, 1.165) is 17.3 Å². The van der Waals surface area contributed by atoms with Crippen molar-refractivity contribution in [3.63, 3.8) is 0 Å². The van der Waals surface area contributed by atoms with Gasteiger partial charge in [0.15, 0.2) is 0 Å². The van der Waals surface area contributed by atoms with Gasteiger partial charge in [-0.15, -0.1) is 0 Å². The lowest BCUT2D eigenvalue weighted by Gasteiger charge is -2.15. The number of pyridine rings is 1. The monoisotopic (exact) mass is 312 g/mol. The van der Waals surface area contributed by atoms with E-state index in [1.165, 1.54) is 6.20 Å². The molecule has 0 spiro atoms. The first-order valence-electron chi connectivity index (χ1n) is 5.70. The first-order valence-corrected chi connectivity index (χ1v) is 6.50. The summed E-state index contributed by atoms with van der Waals surface area (Å²) in [5.41, 5.74) is 0.300. The summed E-state index contributed by atoms with van der Waals surface area (Å²) in [5, 5.41) is 11.6. The highest BCUT2D eigenvalue weighted by Gasteiger charge is 2.34. The van der Waals surface area contributed by atoms with Crippen molar-refractivity contribution in [3.05, 3.63) is 28.5 Å². The molecule has 0 saturated heterocycles. The second-order valence-corrected chi connectivity index (χ2v) is 5.29. The number of hydrogen-bond donors (Lipinski definition) is 2. The van der Waals surface area contributed by atoms with Crippen molar-refractivity contribution in [1.29, 1.82) is 0 Å². The van der Waals surface area contributed by atoms with Gasteiger partial charge in [-0.3, -0.25) is 9.59 Å². The van der Waals surface area contributed by atoms with E-state index in [0.29, 0.717) is 11.6 Å². The maximum absolute atomic E-state index is 11.9. The number of carboxylic acid groups (broad SMARTS) is 1. The number of hydrogen-bond acceptors (Lipinski definition) is 3. The van der Waals surface area contributed by atoms with Crippen LogP contribution in [-0.2, 0) is 4.79 Å². The number of carboxylic acids is 1. The number of nitrogens with zero attached hydrogens (tertiary/aromatic N) is 1. The normalized spacial score (nSPS) is 16.1. The molecule has 5 nitrogen and oxygen atoms in total. The van der Waals surface area contributed by atoms with Crippen LogP contribution >= 0.6 is 15.9 Å². The Labute approximate surface area is 113 Å². The average Bonchev–Trinajstić information content (AvgIpc) is 3.12. The standard InChI is InChI=1S/C12H13BrN2O3/c13-8-3-4-9(14-6-8)12(18)15-10(5-11(16)17)7-1-2-7/h3-4,6-7,10H,1-2,5H2,(H,15,18)(H,16,17). The molecular weight excluding hydrogens is 300 g/mol. The highest BCUT2D eigenvalue weighted by atomic mass is 79.9. The van der Waals surface area contributed by atoms with Crippen LogP contribution < -0.4 is 5.32 Å². The smallest absolute Gasteiger partial charge is 0.305 e. The Morgan fingerprint density at radius 3 is 2.72 bits per heavy atom. The van der Waals surface area contributed by atoms with E-state index in [-0.39, 0.29) is 18.4 Å². The highest BCUT2D eigenvalue weighted by Crippen LogP contribution is 2.34. The van der Waals surface area contributed by atoms with Crippen molar-refractivity contribution in [2.45, 2.75) is 25.3 Å². The van der Waals surface area contributed by atoms with Crippen molar-refractivity contribution < 1.29 is 14.7 Å². The quantitative estimate of drug-likeness (QED) is 0.869. The highest BCUT2D eigenvalue weighted by molar-refractivity contribution is 9.10. The first kappa shape index (κ1) is 13.0. The molecule has 1 aromatic heterocycles. The summed E-state index contributed by atoms with van der Waals surface area (Å²) in [5.74, 6) is -0.919. The Morgan fingerprint density at radius 1 is 1.50 bits per heavy atom. The van der Waals surface area contributed by atoms with Crippen molar-refractivity contribution in [2.24, 2.45) is 5.92 Å². The van der Waals surface area contributed by atoms with Crippen molar-refractivity contribution in [3.8, 4) is 0 Å². The van der Waals surface area contributed by atoms with Crippen LogP contribution in [0.4, 0.5) is 0 Å². The predicted molar refractivity (Wildman–Crippen MR) is 68.2 cm³/mol. The minimum atomic E-state index is -0.893. The van der Waals surface area contributed by atoms with Gasteiger partial charge in [0.1, 0.15) is 5.69 Å². The van der Waals surface area contributed by atoms with Crippen molar-refractivity contribution >= 4 is 27.8 Å². The second kappa shape index (κ2) is 5.48. The van der Waals surface area contributed by atoms with E-state index in [1.807, 2.05) is 0 Å². The molecule has 1 atom stereocenters. The van der Waals surface area contributed by atoms with Crippen molar-refractivity contribution in [1.82, 2.24) is 10.3 Å². The zero-order chi connectivity index (χ0) is 13.1. The summed E-state index contributed by atoms with van der Waals surface area (Å²) in [4.78, 5) is 26.6. The van der Waals surface area contributed by atoms with Crippen LogP contribution in [0.15, 0.2) is 22.8 Å². The van der Waals surface area contributed by atoms with Gasteiger partial charge in [-0.05, 0) is 46.8 Å². The number of amides is 1. The zero-order valence-electron chi connectivity index (χ0n) is 9.60. The van der Waals surface area contributed by atoms with Gasteiger partial charge in [0.05, 0.1) is 6.42 Å². The minimum Gasteiger partial charge on any atom is -0.481 e. The lowest BCUT2D eigenvalue weighted by Crippen LogP contribution is -2.38. The summed E-state index contributed by atoms with van der Waals surface area (Å²) in [6.07, 6.45) is 3.46. The van der Waals surface area contributed by atoms with E-state index in [1.54, 1.807) is 12.1 Å². The Bertz CT molecular complexity index is 457. The number of rotatable bonds is 5. The maximum atomic E-state index is 11.9. The number of nitrogens with one attached hydrogen (secondary N) is 1. The molecule has 1 aliphatic rings. The molecular formula is C12H13BrN2O3. The summed E-state index contributed by atoms with van der Waals surface area (Å²) >= 11 is 3.24. The third-order valence-corrected chi connectivity index (χ3v) is 3.33. The van der Waals surface area contributed by atoms with Gasteiger partial charge in [0.2, 0.25) is 0 Å². The third kappa shape index (κ3) is 3.53. The Hall–Kier alpha value is -1.43. The zero-order valence-corrected chi connectivity index (χ0v) is 11.2. The van der Waals surface area contributed by atoms with E-state index in [9.17, 15) is 9.59 Å². The predicted octanol–water partition coefficient (Wildman–Crippen LogP) is 1.83.